The second-order valence-electron chi connectivity index (χ2n) is 9.10. The molecule has 0 radical (unpaired) electrons. The van der Waals surface area contributed by atoms with Gasteiger partial charge in [-0.2, -0.15) is 0 Å². The third kappa shape index (κ3) is 1.53. The van der Waals surface area contributed by atoms with Crippen molar-refractivity contribution in [2.75, 3.05) is 0 Å². The van der Waals surface area contributed by atoms with Gasteiger partial charge in [-0.1, -0.05) is 20.8 Å². The molecule has 2 aliphatic carbocycles. The van der Waals surface area contributed by atoms with E-state index in [9.17, 15) is 9.90 Å². The molecule has 1 aromatic rings. The van der Waals surface area contributed by atoms with E-state index in [1.54, 1.807) is 12.5 Å². The fraction of sp³-hybridized carbons (Fsp3) is 0.750. The van der Waals surface area contributed by atoms with E-state index in [4.69, 9.17) is 13.9 Å². The molecule has 1 aromatic heterocycles. The first-order valence-electron chi connectivity index (χ1n) is 9.42. The van der Waals surface area contributed by atoms with Gasteiger partial charge in [-0.25, -0.2) is 0 Å². The molecule has 6 atom stereocenters. The lowest BCUT2D eigenvalue weighted by atomic mass is 9.47. The monoisotopic (exact) mass is 346 g/mol. The fourth-order valence-corrected chi connectivity index (χ4v) is 6.49. The molecule has 1 spiro atoms. The van der Waals surface area contributed by atoms with Crippen LogP contribution in [0.2, 0.25) is 0 Å². The van der Waals surface area contributed by atoms with Gasteiger partial charge in [-0.15, -0.1) is 0 Å². The van der Waals surface area contributed by atoms with Crippen LogP contribution in [-0.4, -0.2) is 28.4 Å². The normalized spacial score (nSPS) is 50.2. The minimum absolute atomic E-state index is 0.125. The zero-order valence-corrected chi connectivity index (χ0v) is 15.1. The Bertz CT molecular complexity index is 724. The zero-order chi connectivity index (χ0) is 17.7. The number of ether oxygens (including phenoxy) is 2. The smallest absolute Gasteiger partial charge is 0.316 e. The lowest BCUT2D eigenvalue weighted by Gasteiger charge is -2.52. The van der Waals surface area contributed by atoms with Crippen LogP contribution in [0.15, 0.2) is 23.0 Å². The van der Waals surface area contributed by atoms with Crippen LogP contribution in [0.5, 0.6) is 0 Å². The molecule has 5 heteroatoms. The van der Waals surface area contributed by atoms with Gasteiger partial charge in [0, 0.05) is 17.4 Å². The molecule has 2 saturated heterocycles. The second-order valence-corrected chi connectivity index (χ2v) is 9.10. The summed E-state index contributed by atoms with van der Waals surface area (Å²) >= 11 is 0. The number of epoxide rings is 1. The number of rotatable bonds is 1. The first kappa shape index (κ1) is 15.9. The standard InChI is InChI=1S/C20H26O5/c1-12-4-7-19-17(2,3)15(21)5-8-20(19,25-19)18(12)10-14(24-16(18)22)13-6-9-23-11-13/h6,9,11-12,14-15,21H,4-5,7-8,10H2,1-3H3. The molecule has 2 aliphatic heterocycles. The van der Waals surface area contributed by atoms with Crippen molar-refractivity contribution in [1.29, 1.82) is 0 Å². The lowest BCUT2D eigenvalue weighted by molar-refractivity contribution is -0.159. The van der Waals surface area contributed by atoms with Gasteiger partial charge in [0.2, 0.25) is 0 Å². The van der Waals surface area contributed by atoms with E-state index in [1.165, 1.54) is 0 Å². The molecule has 5 rings (SSSR count). The van der Waals surface area contributed by atoms with Gasteiger partial charge in [0.25, 0.3) is 0 Å². The van der Waals surface area contributed by atoms with E-state index < -0.39 is 22.7 Å². The molecule has 4 fully saturated rings. The Morgan fingerprint density at radius 2 is 1.96 bits per heavy atom. The molecule has 2 saturated carbocycles. The minimum atomic E-state index is -0.620. The predicted molar refractivity (Wildman–Crippen MR) is 88.6 cm³/mol. The Balaban J connectivity index is 1.60. The average Bonchev–Trinajstić information content (AvgIpc) is 2.89. The number of hydrogen-bond acceptors (Lipinski definition) is 5. The van der Waals surface area contributed by atoms with Crippen LogP contribution >= 0.6 is 0 Å². The Morgan fingerprint density at radius 1 is 1.20 bits per heavy atom. The number of hydrogen-bond donors (Lipinski definition) is 1. The van der Waals surface area contributed by atoms with Gasteiger partial charge in [0.05, 0.1) is 18.6 Å². The molecular weight excluding hydrogens is 320 g/mol. The molecule has 1 N–H and O–H groups in total. The average molecular weight is 346 g/mol. The van der Waals surface area contributed by atoms with E-state index >= 15 is 0 Å². The van der Waals surface area contributed by atoms with Crippen molar-refractivity contribution in [2.24, 2.45) is 16.7 Å². The van der Waals surface area contributed by atoms with Gasteiger partial charge in [-0.3, -0.25) is 4.79 Å². The van der Waals surface area contributed by atoms with Crippen LogP contribution in [0.25, 0.3) is 0 Å². The quantitative estimate of drug-likeness (QED) is 0.623. The van der Waals surface area contributed by atoms with Gasteiger partial charge in [-0.05, 0) is 37.7 Å². The highest BCUT2D eigenvalue weighted by atomic mass is 16.6. The highest BCUT2D eigenvalue weighted by Crippen LogP contribution is 2.79. The van der Waals surface area contributed by atoms with Crippen molar-refractivity contribution in [3.05, 3.63) is 24.2 Å². The Kier molecular flexibility index (Phi) is 2.86. The maximum Gasteiger partial charge on any atom is 0.316 e. The van der Waals surface area contributed by atoms with Crippen LogP contribution in [-0.2, 0) is 14.3 Å². The van der Waals surface area contributed by atoms with E-state index in [0.717, 1.165) is 24.8 Å². The molecule has 25 heavy (non-hydrogen) atoms. The molecule has 4 aliphatic rings. The molecule has 3 heterocycles. The first-order valence-corrected chi connectivity index (χ1v) is 9.42. The van der Waals surface area contributed by atoms with Crippen molar-refractivity contribution in [3.8, 4) is 0 Å². The Hall–Kier alpha value is -1.33. The van der Waals surface area contributed by atoms with E-state index in [0.29, 0.717) is 12.8 Å². The summed E-state index contributed by atoms with van der Waals surface area (Å²) in [6.45, 7) is 6.35. The molecule has 5 nitrogen and oxygen atoms in total. The number of esters is 1. The van der Waals surface area contributed by atoms with Crippen molar-refractivity contribution in [2.45, 2.75) is 76.3 Å². The minimum Gasteiger partial charge on any atom is -0.472 e. The SMILES string of the molecule is CC1CCC23OC2(CCC(O)C3(C)C)C12CC(c1ccoc1)OC2=O. The summed E-state index contributed by atoms with van der Waals surface area (Å²) in [6, 6.07) is 1.87. The lowest BCUT2D eigenvalue weighted by Crippen LogP contribution is -2.62. The molecule has 0 amide bonds. The molecular formula is C20H26O5. The van der Waals surface area contributed by atoms with Crippen LogP contribution in [0.3, 0.4) is 0 Å². The van der Waals surface area contributed by atoms with E-state index in [-0.39, 0.29) is 23.4 Å². The van der Waals surface area contributed by atoms with Crippen LogP contribution in [0, 0.1) is 16.7 Å². The summed E-state index contributed by atoms with van der Waals surface area (Å²) in [7, 11) is 0. The maximum atomic E-state index is 13.2. The summed E-state index contributed by atoms with van der Waals surface area (Å²) in [5, 5.41) is 10.6. The molecule has 0 bridgehead atoms. The third-order valence-corrected chi connectivity index (χ3v) is 8.13. The molecule has 6 unspecified atom stereocenters. The van der Waals surface area contributed by atoms with Gasteiger partial charge in [0.1, 0.15) is 22.7 Å². The summed E-state index contributed by atoms with van der Waals surface area (Å²) < 4.78 is 17.6. The fourth-order valence-electron chi connectivity index (χ4n) is 6.49. The van der Waals surface area contributed by atoms with Crippen LogP contribution in [0.4, 0.5) is 0 Å². The first-order chi connectivity index (χ1) is 11.8. The van der Waals surface area contributed by atoms with E-state index in [1.807, 2.05) is 6.07 Å². The summed E-state index contributed by atoms with van der Waals surface area (Å²) in [5.41, 5.74) is -0.956. The topological polar surface area (TPSA) is 72.2 Å². The highest BCUT2D eigenvalue weighted by Gasteiger charge is 2.89. The van der Waals surface area contributed by atoms with Gasteiger partial charge >= 0.3 is 5.97 Å². The summed E-state index contributed by atoms with van der Waals surface area (Å²) in [6.07, 6.45) is 6.50. The van der Waals surface area contributed by atoms with Crippen molar-refractivity contribution in [1.82, 2.24) is 0 Å². The highest BCUT2D eigenvalue weighted by molar-refractivity contribution is 5.83. The van der Waals surface area contributed by atoms with E-state index in [2.05, 4.69) is 20.8 Å². The van der Waals surface area contributed by atoms with Crippen molar-refractivity contribution in [3.63, 3.8) is 0 Å². The number of cyclic esters (lactones) is 1. The number of aliphatic hydroxyl groups is 1. The molecule has 136 valence electrons. The Morgan fingerprint density at radius 3 is 2.68 bits per heavy atom. The van der Waals surface area contributed by atoms with Gasteiger partial charge in [0.15, 0.2) is 0 Å². The number of furan rings is 1. The maximum absolute atomic E-state index is 13.2. The second kappa shape index (κ2) is 4.49. The van der Waals surface area contributed by atoms with Crippen LogP contribution < -0.4 is 0 Å². The summed E-state index contributed by atoms with van der Waals surface area (Å²) in [5.74, 6) is 0.0820. The number of carbonyl (C=O) groups excluding carboxylic acids is 1. The van der Waals surface area contributed by atoms with Crippen molar-refractivity contribution >= 4 is 5.97 Å². The molecule has 0 aromatic carbocycles. The number of carbonyl (C=O) groups is 1. The third-order valence-electron chi connectivity index (χ3n) is 8.13. The van der Waals surface area contributed by atoms with Gasteiger partial charge < -0.3 is 19.0 Å². The largest absolute Gasteiger partial charge is 0.472 e. The van der Waals surface area contributed by atoms with Crippen molar-refractivity contribution < 1.29 is 23.8 Å². The zero-order valence-electron chi connectivity index (χ0n) is 15.1. The summed E-state index contributed by atoms with van der Waals surface area (Å²) in [4.78, 5) is 13.2. The predicted octanol–water partition coefficient (Wildman–Crippen LogP) is 3.37. The number of aliphatic hydroxyl groups excluding tert-OH is 1. The Labute approximate surface area is 147 Å². The van der Waals surface area contributed by atoms with Crippen LogP contribution in [0.1, 0.15) is 64.5 Å².